The number of carbonyl (C=O) groups is 2. The predicted molar refractivity (Wildman–Crippen MR) is 134 cm³/mol. The van der Waals surface area contributed by atoms with Gasteiger partial charge in [0, 0.05) is 19.3 Å². The number of halogens is 4. The molecule has 0 aromatic heterocycles. The van der Waals surface area contributed by atoms with Gasteiger partial charge in [-0.15, -0.1) is 0 Å². The highest BCUT2D eigenvalue weighted by Gasteiger charge is 2.42. The minimum Gasteiger partial charge on any atom is -0.449 e. The minimum absolute atomic E-state index is 0.112. The van der Waals surface area contributed by atoms with Gasteiger partial charge in [0.05, 0.1) is 11.1 Å². The third-order valence-electron chi connectivity index (χ3n) is 5.70. The maximum absolute atomic E-state index is 14.6. The zero-order valence-corrected chi connectivity index (χ0v) is 21.0. The monoisotopic (exact) mass is 532 g/mol. The summed E-state index contributed by atoms with van der Waals surface area (Å²) in [5.41, 5.74) is 2.49. The molecule has 9 heteroatoms. The molecule has 0 aliphatic carbocycles. The number of hydrogen-bond donors (Lipinski definition) is 0. The van der Waals surface area contributed by atoms with Crippen LogP contribution in [0.2, 0.25) is 0 Å². The van der Waals surface area contributed by atoms with Crippen molar-refractivity contribution in [2.24, 2.45) is 0 Å². The van der Waals surface area contributed by atoms with Crippen LogP contribution in [0, 0.1) is 12.7 Å². The van der Waals surface area contributed by atoms with Gasteiger partial charge in [0.15, 0.2) is 6.10 Å². The Balaban J connectivity index is 1.62. The zero-order chi connectivity index (χ0) is 27.7. The van der Waals surface area contributed by atoms with Gasteiger partial charge in [-0.1, -0.05) is 42.0 Å². The molecule has 0 saturated carbocycles. The van der Waals surface area contributed by atoms with E-state index in [4.69, 9.17) is 9.47 Å². The molecular weight excluding hydrogens is 504 g/mol. The molecule has 0 aliphatic rings. The molecule has 0 N–H and O–H groups in total. The van der Waals surface area contributed by atoms with Gasteiger partial charge in [-0.3, -0.25) is 0 Å². The number of unbranched alkanes of at least 4 members (excludes halogenated alkanes) is 1. The highest BCUT2D eigenvalue weighted by atomic mass is 19.4. The van der Waals surface area contributed by atoms with E-state index in [2.05, 4.69) is 4.74 Å². The first kappa shape index (κ1) is 28.8. The molecule has 0 amide bonds. The summed E-state index contributed by atoms with van der Waals surface area (Å²) in [6, 6.07) is 17.2. The number of ether oxygens (including phenoxy) is 3. The maximum atomic E-state index is 14.6. The van der Waals surface area contributed by atoms with E-state index in [0.29, 0.717) is 19.6 Å². The Hall–Kier alpha value is -3.72. The van der Waals surface area contributed by atoms with Crippen LogP contribution in [0.4, 0.5) is 17.6 Å². The van der Waals surface area contributed by atoms with Crippen LogP contribution in [0.15, 0.2) is 66.7 Å². The Morgan fingerprint density at radius 3 is 2.08 bits per heavy atom. The largest absolute Gasteiger partial charge is 0.449 e. The summed E-state index contributed by atoms with van der Waals surface area (Å²) >= 11 is 0. The summed E-state index contributed by atoms with van der Waals surface area (Å²) in [6.45, 7) is 4.49. The summed E-state index contributed by atoms with van der Waals surface area (Å²) in [6.07, 6.45) is -7.18. The lowest BCUT2D eigenvalue weighted by molar-refractivity contribution is -0.206. The lowest BCUT2D eigenvalue weighted by atomic mass is 10.0. The second-order valence-corrected chi connectivity index (χ2v) is 8.60. The van der Waals surface area contributed by atoms with Gasteiger partial charge in [-0.25, -0.2) is 14.0 Å². The normalized spacial score (nSPS) is 12.2. The van der Waals surface area contributed by atoms with Crippen LogP contribution in [-0.4, -0.2) is 37.4 Å². The van der Waals surface area contributed by atoms with Crippen LogP contribution in [0.25, 0.3) is 11.1 Å². The summed E-state index contributed by atoms with van der Waals surface area (Å²) in [5, 5.41) is 0. The number of carbonyl (C=O) groups excluding carboxylic acids is 2. The van der Waals surface area contributed by atoms with Crippen molar-refractivity contribution in [1.82, 2.24) is 0 Å². The highest BCUT2D eigenvalue weighted by Crippen LogP contribution is 2.29. The number of esters is 2. The lowest BCUT2D eigenvalue weighted by Gasteiger charge is -2.21. The van der Waals surface area contributed by atoms with Crippen molar-refractivity contribution in [2.45, 2.75) is 45.4 Å². The zero-order valence-electron chi connectivity index (χ0n) is 21.0. The average molecular weight is 533 g/mol. The summed E-state index contributed by atoms with van der Waals surface area (Å²) in [4.78, 5) is 24.8. The molecule has 1 unspecified atom stereocenters. The van der Waals surface area contributed by atoms with E-state index in [1.165, 1.54) is 0 Å². The van der Waals surface area contributed by atoms with E-state index in [0.717, 1.165) is 34.9 Å². The van der Waals surface area contributed by atoms with Crippen LogP contribution in [0.5, 0.6) is 5.75 Å². The SMILES string of the molecule is CCOCCCCC(OC(=O)c1ccc(OC(=O)c2ccc(-c3ccc(C)cc3)cc2)cc1F)C(F)(F)F. The molecule has 0 aliphatic heterocycles. The number of aryl methyl sites for hydroxylation is 1. The number of rotatable bonds is 11. The van der Waals surface area contributed by atoms with Crippen molar-refractivity contribution in [3.05, 3.63) is 89.2 Å². The quantitative estimate of drug-likeness (QED) is 0.112. The first-order valence-electron chi connectivity index (χ1n) is 12.1. The van der Waals surface area contributed by atoms with Gasteiger partial charge in [-0.05, 0) is 68.5 Å². The van der Waals surface area contributed by atoms with Crippen LogP contribution in [0.3, 0.4) is 0 Å². The minimum atomic E-state index is -4.80. The molecule has 3 rings (SSSR count). The van der Waals surface area contributed by atoms with Crippen molar-refractivity contribution in [2.75, 3.05) is 13.2 Å². The number of hydrogen-bond acceptors (Lipinski definition) is 5. The number of benzene rings is 3. The molecule has 1 atom stereocenters. The second kappa shape index (κ2) is 13.2. The topological polar surface area (TPSA) is 61.8 Å². The Labute approximate surface area is 218 Å². The van der Waals surface area contributed by atoms with Crippen molar-refractivity contribution < 1.29 is 41.4 Å². The highest BCUT2D eigenvalue weighted by molar-refractivity contribution is 5.92. The van der Waals surface area contributed by atoms with Crippen molar-refractivity contribution in [1.29, 1.82) is 0 Å². The van der Waals surface area contributed by atoms with Gasteiger partial charge >= 0.3 is 18.1 Å². The van der Waals surface area contributed by atoms with E-state index in [1.807, 2.05) is 31.2 Å². The second-order valence-electron chi connectivity index (χ2n) is 8.60. The third-order valence-corrected chi connectivity index (χ3v) is 5.70. The van der Waals surface area contributed by atoms with Gasteiger partial charge < -0.3 is 14.2 Å². The molecule has 3 aromatic carbocycles. The molecular formula is C29H28F4O5. The summed E-state index contributed by atoms with van der Waals surface area (Å²) < 4.78 is 69.4. The summed E-state index contributed by atoms with van der Waals surface area (Å²) in [7, 11) is 0. The van der Waals surface area contributed by atoms with Crippen molar-refractivity contribution in [3.8, 4) is 16.9 Å². The van der Waals surface area contributed by atoms with Crippen LogP contribution in [0.1, 0.15) is 52.5 Å². The van der Waals surface area contributed by atoms with Crippen LogP contribution in [-0.2, 0) is 9.47 Å². The average Bonchev–Trinajstić information content (AvgIpc) is 2.88. The Kier molecular flexibility index (Phi) is 10.0. The maximum Gasteiger partial charge on any atom is 0.425 e. The molecule has 202 valence electrons. The van der Waals surface area contributed by atoms with E-state index in [9.17, 15) is 27.2 Å². The molecule has 0 saturated heterocycles. The number of alkyl halides is 3. The summed E-state index contributed by atoms with van der Waals surface area (Å²) in [5.74, 6) is -3.61. The smallest absolute Gasteiger partial charge is 0.425 e. The van der Waals surface area contributed by atoms with Gasteiger partial charge in [0.25, 0.3) is 0 Å². The van der Waals surface area contributed by atoms with E-state index in [-0.39, 0.29) is 17.7 Å². The van der Waals surface area contributed by atoms with E-state index >= 15 is 0 Å². The molecule has 5 nitrogen and oxygen atoms in total. The molecule has 3 aromatic rings. The van der Waals surface area contributed by atoms with Gasteiger partial charge in [0.2, 0.25) is 0 Å². The van der Waals surface area contributed by atoms with Gasteiger partial charge in [0.1, 0.15) is 11.6 Å². The Morgan fingerprint density at radius 1 is 0.868 bits per heavy atom. The molecule has 0 radical (unpaired) electrons. The van der Waals surface area contributed by atoms with E-state index in [1.54, 1.807) is 31.2 Å². The Morgan fingerprint density at radius 2 is 1.50 bits per heavy atom. The molecule has 0 bridgehead atoms. The van der Waals surface area contributed by atoms with E-state index < -0.39 is 42.0 Å². The molecule has 38 heavy (non-hydrogen) atoms. The Bertz CT molecular complexity index is 1220. The van der Waals surface area contributed by atoms with Gasteiger partial charge in [-0.2, -0.15) is 13.2 Å². The third kappa shape index (κ3) is 8.14. The molecule has 0 fully saturated rings. The first-order valence-corrected chi connectivity index (χ1v) is 12.1. The molecule has 0 heterocycles. The van der Waals surface area contributed by atoms with Crippen molar-refractivity contribution >= 4 is 11.9 Å². The van der Waals surface area contributed by atoms with Crippen LogP contribution < -0.4 is 4.74 Å². The fraction of sp³-hybridized carbons (Fsp3) is 0.310. The van der Waals surface area contributed by atoms with Crippen molar-refractivity contribution in [3.63, 3.8) is 0 Å². The van der Waals surface area contributed by atoms with Crippen LogP contribution >= 0.6 is 0 Å². The first-order chi connectivity index (χ1) is 18.1. The predicted octanol–water partition coefficient (Wildman–Crippen LogP) is 7.31. The standard InChI is InChI=1S/C29H28F4O5/c1-3-36-17-5-4-6-26(29(31,32)33)38-28(35)24-16-15-23(18-25(24)30)37-27(34)22-13-11-21(12-14-22)20-9-7-19(2)8-10-20/h7-16,18,26H,3-6,17H2,1-2H3. The molecule has 0 spiro atoms. The lowest BCUT2D eigenvalue weighted by Crippen LogP contribution is -2.34. The fourth-order valence-corrected chi connectivity index (χ4v) is 3.60. The fourth-order valence-electron chi connectivity index (χ4n) is 3.60.